The van der Waals surface area contributed by atoms with Gasteiger partial charge >= 0.3 is 5.97 Å². The molecule has 3 rings (SSSR count). The Morgan fingerprint density at radius 1 is 1.47 bits per heavy atom. The van der Waals surface area contributed by atoms with Gasteiger partial charge in [0.2, 0.25) is 0 Å². The van der Waals surface area contributed by atoms with E-state index >= 15 is 0 Å². The molecule has 1 N–H and O–H groups in total. The van der Waals surface area contributed by atoms with E-state index in [0.29, 0.717) is 29.3 Å². The normalized spacial score (nSPS) is 26.9. The Bertz CT molecular complexity index is 637. The smallest absolute Gasteiger partial charge is 0.307 e. The van der Waals surface area contributed by atoms with Crippen molar-refractivity contribution in [3.8, 4) is 0 Å². The number of carbonyl (C=O) groups is 1. The van der Waals surface area contributed by atoms with Gasteiger partial charge in [0.1, 0.15) is 11.3 Å². The quantitative estimate of drug-likeness (QED) is 0.903. The molecule has 0 amide bonds. The summed E-state index contributed by atoms with van der Waals surface area (Å²) in [6.45, 7) is 2.03. The summed E-state index contributed by atoms with van der Waals surface area (Å²) in [5.41, 5.74) is 0.943. The van der Waals surface area contributed by atoms with Crippen LogP contribution in [0.2, 0.25) is 0 Å². The highest BCUT2D eigenvalue weighted by molar-refractivity contribution is 5.74. The van der Waals surface area contributed by atoms with Crippen LogP contribution < -0.4 is 0 Å². The molecule has 1 aromatic heterocycles. The summed E-state index contributed by atoms with van der Waals surface area (Å²) in [6, 6.07) is 4.13. The average Bonchev–Trinajstić information content (AvgIpc) is 2.91. The van der Waals surface area contributed by atoms with E-state index in [1.165, 1.54) is 18.2 Å². The number of hydrogen-bond acceptors (Lipinski definition) is 3. The van der Waals surface area contributed by atoms with Crippen molar-refractivity contribution in [2.24, 2.45) is 11.8 Å². The zero-order chi connectivity index (χ0) is 13.6. The lowest BCUT2D eigenvalue weighted by Crippen LogP contribution is -2.17. The highest BCUT2D eigenvalue weighted by atomic mass is 19.1. The third-order valence-corrected chi connectivity index (χ3v) is 3.80. The van der Waals surface area contributed by atoms with Gasteiger partial charge in [-0.05, 0) is 30.9 Å². The van der Waals surface area contributed by atoms with Crippen molar-refractivity contribution in [3.63, 3.8) is 0 Å². The van der Waals surface area contributed by atoms with Crippen molar-refractivity contribution in [3.05, 3.63) is 29.9 Å². The Kier molecular flexibility index (Phi) is 2.77. The average molecular weight is 263 g/mol. The van der Waals surface area contributed by atoms with Crippen LogP contribution in [0.15, 0.2) is 22.6 Å². The molecule has 0 saturated heterocycles. The van der Waals surface area contributed by atoms with Crippen molar-refractivity contribution in [1.29, 1.82) is 0 Å². The Morgan fingerprint density at radius 3 is 3.00 bits per heavy atom. The molecule has 100 valence electrons. The molecule has 0 bridgehead atoms. The summed E-state index contributed by atoms with van der Waals surface area (Å²) in [7, 11) is 0. The molecule has 1 saturated carbocycles. The monoisotopic (exact) mass is 263 g/mol. The van der Waals surface area contributed by atoms with Gasteiger partial charge in [-0.3, -0.25) is 4.79 Å². The zero-order valence-electron chi connectivity index (χ0n) is 10.5. The van der Waals surface area contributed by atoms with Gasteiger partial charge in [0, 0.05) is 12.0 Å². The molecule has 3 unspecified atom stereocenters. The number of nitrogens with zero attached hydrogens (tertiary/aromatic N) is 1. The molecule has 0 radical (unpaired) electrons. The Morgan fingerprint density at radius 2 is 2.26 bits per heavy atom. The topological polar surface area (TPSA) is 63.3 Å². The first-order chi connectivity index (χ1) is 9.04. The van der Waals surface area contributed by atoms with Gasteiger partial charge in [-0.2, -0.15) is 0 Å². The summed E-state index contributed by atoms with van der Waals surface area (Å²) in [4.78, 5) is 15.5. The number of oxazole rings is 1. The maximum atomic E-state index is 13.1. The van der Waals surface area contributed by atoms with Crippen LogP contribution in [-0.2, 0) is 4.79 Å². The van der Waals surface area contributed by atoms with E-state index in [9.17, 15) is 14.3 Å². The number of benzene rings is 1. The lowest BCUT2D eigenvalue weighted by molar-refractivity contribution is -0.142. The predicted octanol–water partition coefficient (Wildman–Crippen LogP) is 3.18. The van der Waals surface area contributed by atoms with Crippen LogP contribution >= 0.6 is 0 Å². The highest BCUT2D eigenvalue weighted by Crippen LogP contribution is 2.43. The van der Waals surface area contributed by atoms with Crippen molar-refractivity contribution in [2.75, 3.05) is 0 Å². The number of halogens is 1. The fraction of sp³-hybridized carbons (Fsp3) is 0.429. The summed E-state index contributed by atoms with van der Waals surface area (Å²) in [6.07, 6.45) is 1.37. The number of carboxylic acid groups (broad SMARTS) is 1. The number of aliphatic carboxylic acids is 1. The van der Waals surface area contributed by atoms with Gasteiger partial charge in [0.05, 0.1) is 5.92 Å². The Labute approximate surface area is 109 Å². The fourth-order valence-corrected chi connectivity index (χ4v) is 2.91. The van der Waals surface area contributed by atoms with Crippen molar-refractivity contribution in [1.82, 2.24) is 4.98 Å². The third kappa shape index (κ3) is 2.09. The number of carboxylic acids is 1. The minimum atomic E-state index is -0.817. The SMILES string of the molecule is CC1CC(C(=O)O)C(c2nc3cc(F)ccc3o2)C1. The molecule has 0 spiro atoms. The molecule has 1 aliphatic rings. The minimum Gasteiger partial charge on any atom is -0.481 e. The standard InChI is InChI=1S/C14H14FNO3/c1-7-4-9(10(5-7)14(17)18)13-16-11-6-8(15)2-3-12(11)19-13/h2-3,6-7,9-10H,4-5H2,1H3,(H,17,18). The molecule has 3 atom stereocenters. The van der Waals surface area contributed by atoms with E-state index in [2.05, 4.69) is 4.98 Å². The Hall–Kier alpha value is -1.91. The van der Waals surface area contributed by atoms with Gasteiger partial charge in [0.25, 0.3) is 0 Å². The number of rotatable bonds is 2. The second-order valence-corrected chi connectivity index (χ2v) is 5.29. The molecular weight excluding hydrogens is 249 g/mol. The molecule has 4 nitrogen and oxygen atoms in total. The number of aromatic nitrogens is 1. The summed E-state index contributed by atoms with van der Waals surface area (Å²) in [5.74, 6) is -1.13. The third-order valence-electron chi connectivity index (χ3n) is 3.80. The van der Waals surface area contributed by atoms with Crippen LogP contribution in [0.4, 0.5) is 4.39 Å². The first kappa shape index (κ1) is 12.1. The lowest BCUT2D eigenvalue weighted by Gasteiger charge is -2.10. The second-order valence-electron chi connectivity index (χ2n) is 5.29. The molecule has 5 heteroatoms. The summed E-state index contributed by atoms with van der Waals surface area (Å²) in [5, 5.41) is 9.25. The second kappa shape index (κ2) is 4.33. The first-order valence-electron chi connectivity index (χ1n) is 6.33. The van der Waals surface area contributed by atoms with Crippen molar-refractivity contribution in [2.45, 2.75) is 25.7 Å². The van der Waals surface area contributed by atoms with E-state index in [4.69, 9.17) is 4.42 Å². The van der Waals surface area contributed by atoms with Crippen LogP contribution in [-0.4, -0.2) is 16.1 Å². The molecule has 1 aliphatic carbocycles. The molecule has 1 heterocycles. The molecule has 2 aromatic rings. The van der Waals surface area contributed by atoms with Crippen LogP contribution in [0.5, 0.6) is 0 Å². The highest BCUT2D eigenvalue weighted by Gasteiger charge is 2.40. The largest absolute Gasteiger partial charge is 0.481 e. The van der Waals surface area contributed by atoms with Crippen LogP contribution in [0.25, 0.3) is 11.1 Å². The number of fused-ring (bicyclic) bond motifs is 1. The molecule has 1 fully saturated rings. The van der Waals surface area contributed by atoms with Gasteiger partial charge in [-0.15, -0.1) is 0 Å². The van der Waals surface area contributed by atoms with E-state index < -0.39 is 11.9 Å². The van der Waals surface area contributed by atoms with Crippen molar-refractivity contribution >= 4 is 17.1 Å². The zero-order valence-corrected chi connectivity index (χ0v) is 10.5. The van der Waals surface area contributed by atoms with E-state index in [-0.39, 0.29) is 11.7 Å². The molecule has 1 aromatic carbocycles. The van der Waals surface area contributed by atoms with Crippen LogP contribution in [0, 0.1) is 17.7 Å². The van der Waals surface area contributed by atoms with E-state index in [0.717, 1.165) is 6.42 Å². The molecule has 19 heavy (non-hydrogen) atoms. The predicted molar refractivity (Wildman–Crippen MR) is 66.2 cm³/mol. The number of hydrogen-bond donors (Lipinski definition) is 1. The maximum absolute atomic E-state index is 13.1. The molecule has 0 aliphatic heterocycles. The summed E-state index contributed by atoms with van der Waals surface area (Å²) < 4.78 is 18.7. The van der Waals surface area contributed by atoms with Gasteiger partial charge in [0.15, 0.2) is 11.5 Å². The minimum absolute atomic E-state index is 0.219. The molecular formula is C14H14FNO3. The van der Waals surface area contributed by atoms with Gasteiger partial charge < -0.3 is 9.52 Å². The van der Waals surface area contributed by atoms with E-state index in [1.807, 2.05) is 6.92 Å². The van der Waals surface area contributed by atoms with Crippen LogP contribution in [0.1, 0.15) is 31.6 Å². The van der Waals surface area contributed by atoms with E-state index in [1.54, 1.807) is 0 Å². The summed E-state index contributed by atoms with van der Waals surface area (Å²) >= 11 is 0. The van der Waals surface area contributed by atoms with Crippen molar-refractivity contribution < 1.29 is 18.7 Å². The van der Waals surface area contributed by atoms with Crippen LogP contribution in [0.3, 0.4) is 0 Å². The van der Waals surface area contributed by atoms with Gasteiger partial charge in [-0.1, -0.05) is 6.92 Å². The van der Waals surface area contributed by atoms with Gasteiger partial charge in [-0.25, -0.2) is 9.37 Å². The lowest BCUT2D eigenvalue weighted by atomic mass is 9.96. The maximum Gasteiger partial charge on any atom is 0.307 e. The first-order valence-corrected chi connectivity index (χ1v) is 6.33. The fourth-order valence-electron chi connectivity index (χ4n) is 2.91. The Balaban J connectivity index is 2.01.